The molecule has 272 valence electrons. The molecule has 2 aromatic heterocycles. The second-order valence-electron chi connectivity index (χ2n) is 16.2. The highest BCUT2D eigenvalue weighted by Gasteiger charge is 2.42. The van der Waals surface area contributed by atoms with Gasteiger partial charge in [-0.05, 0) is 71.7 Å². The Morgan fingerprint density at radius 1 is 1.04 bits per heavy atom. The van der Waals surface area contributed by atoms with Crippen molar-refractivity contribution in [2.24, 2.45) is 0 Å². The monoisotopic (exact) mass is 728 g/mol. The molecule has 49 heavy (non-hydrogen) atoms. The van der Waals surface area contributed by atoms with Gasteiger partial charge in [0.05, 0.1) is 23.9 Å². The minimum atomic E-state index is -3.37. The number of fused-ring (bicyclic) bond motifs is 1. The summed E-state index contributed by atoms with van der Waals surface area (Å²) in [5, 5.41) is 10.7. The van der Waals surface area contributed by atoms with Crippen LogP contribution in [0.3, 0.4) is 0 Å². The highest BCUT2D eigenvalue weighted by molar-refractivity contribution is 7.89. The van der Waals surface area contributed by atoms with E-state index in [0.717, 1.165) is 53.6 Å². The number of sulfone groups is 1. The zero-order chi connectivity index (χ0) is 36.4. The van der Waals surface area contributed by atoms with Crippen LogP contribution in [-0.2, 0) is 24.9 Å². The van der Waals surface area contributed by atoms with Gasteiger partial charge in [-0.15, -0.1) is 5.54 Å². The fourth-order valence-electron chi connectivity index (χ4n) is 6.95. The smallest absolute Gasteiger partial charge is 0.220 e. The molecule has 0 aliphatic carbocycles. The first-order valence-corrected chi connectivity index (χ1v) is 25.2. The third-order valence-electron chi connectivity index (χ3n) is 10.7. The lowest BCUT2D eigenvalue weighted by molar-refractivity contribution is -0.0367. The van der Waals surface area contributed by atoms with E-state index in [2.05, 4.69) is 104 Å². The van der Waals surface area contributed by atoms with Gasteiger partial charge in [0.25, 0.3) is 0 Å². The zero-order valence-electron chi connectivity index (χ0n) is 32.0. The third kappa shape index (κ3) is 8.90. The Kier molecular flexibility index (Phi) is 12.4. The minimum absolute atomic E-state index is 0.121. The van der Waals surface area contributed by atoms with Crippen LogP contribution in [0, 0.1) is 11.5 Å². The van der Waals surface area contributed by atoms with E-state index in [-0.39, 0.29) is 17.1 Å². The number of nitrogens with zero attached hydrogens (tertiary/aromatic N) is 4. The molecule has 0 bridgehead atoms. The van der Waals surface area contributed by atoms with E-state index >= 15 is 0 Å². The molecular formula is C37H60N4O5SSi2. The van der Waals surface area contributed by atoms with Crippen molar-refractivity contribution < 1.29 is 22.3 Å². The van der Waals surface area contributed by atoms with Crippen LogP contribution in [0.1, 0.15) is 99.9 Å². The van der Waals surface area contributed by atoms with E-state index in [0.29, 0.717) is 42.1 Å². The molecule has 9 nitrogen and oxygen atoms in total. The van der Waals surface area contributed by atoms with Crippen LogP contribution in [0.25, 0.3) is 22.0 Å². The second-order valence-corrected chi connectivity index (χ2v) is 28.7. The van der Waals surface area contributed by atoms with Crippen molar-refractivity contribution in [3.05, 3.63) is 30.1 Å². The normalized spacial score (nSPS) is 16.5. The molecule has 0 N–H and O–H groups in total. The van der Waals surface area contributed by atoms with Crippen LogP contribution >= 0.6 is 0 Å². The van der Waals surface area contributed by atoms with Crippen molar-refractivity contribution in [3.8, 4) is 28.5 Å². The standard InChI is InChI=1S/C37H60N4O5SSi2/c1-27(2)49(28(3)4,29(5)6)23-19-33-31-24-30(17-18-34(31)41(39-33)35-16-13-14-20-44-35)32-25-38-40(26-47(10,42)43)36(32)45-21-15-22-46-48(11,12)37(7,8)9/h17-18,24-25,27-29,35H,13-16,20-22,26H2,1-12H3. The summed E-state index contributed by atoms with van der Waals surface area (Å²) in [6.07, 6.45) is 6.50. The Morgan fingerprint density at radius 3 is 2.29 bits per heavy atom. The Labute approximate surface area is 297 Å². The van der Waals surface area contributed by atoms with Crippen molar-refractivity contribution >= 4 is 37.1 Å². The summed E-state index contributed by atoms with van der Waals surface area (Å²) in [4.78, 5) is 0. The minimum Gasteiger partial charge on any atom is -0.477 e. The molecule has 1 aliphatic rings. The van der Waals surface area contributed by atoms with Crippen LogP contribution in [0.2, 0.25) is 34.8 Å². The lowest BCUT2D eigenvalue weighted by Crippen LogP contribution is -2.43. The lowest BCUT2D eigenvalue weighted by atomic mass is 10.1. The predicted octanol–water partition coefficient (Wildman–Crippen LogP) is 8.96. The van der Waals surface area contributed by atoms with E-state index in [4.69, 9.17) is 19.0 Å². The van der Waals surface area contributed by atoms with Gasteiger partial charge in [0.2, 0.25) is 5.88 Å². The number of ether oxygens (including phenoxy) is 2. The van der Waals surface area contributed by atoms with Gasteiger partial charge >= 0.3 is 0 Å². The van der Waals surface area contributed by atoms with Gasteiger partial charge < -0.3 is 13.9 Å². The van der Waals surface area contributed by atoms with Gasteiger partial charge in [0.1, 0.15) is 19.6 Å². The average molecular weight is 729 g/mol. The largest absolute Gasteiger partial charge is 0.477 e. The fraction of sp³-hybridized carbons (Fsp3) is 0.676. The van der Waals surface area contributed by atoms with Gasteiger partial charge in [0, 0.05) is 31.3 Å². The molecule has 1 saturated heterocycles. The summed E-state index contributed by atoms with van der Waals surface area (Å²) in [5.74, 6) is 3.77. The quantitative estimate of drug-likeness (QED) is 0.0985. The number of hydrogen-bond donors (Lipinski definition) is 0. The summed E-state index contributed by atoms with van der Waals surface area (Å²) < 4.78 is 47.1. The number of rotatable bonds is 13. The Morgan fingerprint density at radius 2 is 1.71 bits per heavy atom. The van der Waals surface area contributed by atoms with Crippen molar-refractivity contribution in [1.82, 2.24) is 19.6 Å². The molecule has 1 unspecified atom stereocenters. The lowest BCUT2D eigenvalue weighted by Gasteiger charge is -2.38. The van der Waals surface area contributed by atoms with Crippen LogP contribution in [0.15, 0.2) is 24.4 Å². The van der Waals surface area contributed by atoms with E-state index in [9.17, 15) is 8.42 Å². The molecule has 12 heteroatoms. The van der Waals surface area contributed by atoms with Crippen LogP contribution < -0.4 is 4.74 Å². The summed E-state index contributed by atoms with van der Waals surface area (Å²) in [6, 6.07) is 6.21. The first kappa shape index (κ1) is 39.4. The van der Waals surface area contributed by atoms with Gasteiger partial charge in [-0.25, -0.2) is 17.8 Å². The molecule has 1 atom stereocenters. The first-order valence-electron chi connectivity index (χ1n) is 18.0. The van der Waals surface area contributed by atoms with Crippen molar-refractivity contribution in [3.63, 3.8) is 0 Å². The molecule has 0 amide bonds. The van der Waals surface area contributed by atoms with E-state index in [1.807, 2.05) is 10.7 Å². The molecule has 0 spiro atoms. The summed E-state index contributed by atoms with van der Waals surface area (Å²) in [7, 11) is -7.28. The summed E-state index contributed by atoms with van der Waals surface area (Å²) >= 11 is 0. The van der Waals surface area contributed by atoms with Crippen LogP contribution in [-0.4, -0.2) is 70.4 Å². The Hall–Kier alpha value is -2.44. The van der Waals surface area contributed by atoms with Crippen molar-refractivity contribution in [2.45, 2.75) is 135 Å². The molecule has 1 aliphatic heterocycles. The Balaban J connectivity index is 1.77. The van der Waals surface area contributed by atoms with E-state index in [1.54, 1.807) is 6.20 Å². The van der Waals surface area contributed by atoms with Crippen LogP contribution in [0.5, 0.6) is 5.88 Å². The molecule has 3 heterocycles. The maximum absolute atomic E-state index is 12.4. The molecule has 4 rings (SSSR count). The van der Waals surface area contributed by atoms with Gasteiger partial charge in [0.15, 0.2) is 24.4 Å². The topological polar surface area (TPSA) is 97.5 Å². The average Bonchev–Trinajstić information content (AvgIpc) is 3.56. The SMILES string of the molecule is CC(C)[Si](C#Cc1nn(C2CCCCO2)c2ccc(-c3cnn(CS(C)(=O)=O)c3OCCCO[Si](C)(C)C(C)(C)C)cc12)(C(C)C)C(C)C. The molecule has 0 radical (unpaired) electrons. The van der Waals surface area contributed by atoms with Gasteiger partial charge in [-0.3, -0.25) is 0 Å². The van der Waals surface area contributed by atoms with Crippen LogP contribution in [0.4, 0.5) is 0 Å². The number of benzene rings is 1. The highest BCUT2D eigenvalue weighted by atomic mass is 32.2. The highest BCUT2D eigenvalue weighted by Crippen LogP contribution is 2.41. The number of aromatic nitrogens is 4. The Bertz CT molecular complexity index is 1730. The maximum Gasteiger partial charge on any atom is 0.220 e. The van der Waals surface area contributed by atoms with E-state index in [1.165, 1.54) is 10.9 Å². The third-order valence-corrected chi connectivity index (χ3v) is 22.2. The molecule has 1 fully saturated rings. The van der Waals surface area contributed by atoms with Gasteiger partial charge in [-0.2, -0.15) is 10.2 Å². The van der Waals surface area contributed by atoms with Crippen molar-refractivity contribution in [1.29, 1.82) is 0 Å². The zero-order valence-corrected chi connectivity index (χ0v) is 34.8. The van der Waals surface area contributed by atoms with Gasteiger partial charge in [-0.1, -0.05) is 74.3 Å². The maximum atomic E-state index is 12.4. The first-order chi connectivity index (χ1) is 22.8. The fourth-order valence-corrected chi connectivity index (χ4v) is 13.9. The molecule has 3 aromatic rings. The second kappa shape index (κ2) is 15.4. The molecular weight excluding hydrogens is 669 g/mol. The van der Waals surface area contributed by atoms with E-state index < -0.39 is 26.2 Å². The number of hydrogen-bond acceptors (Lipinski definition) is 7. The predicted molar refractivity (Wildman–Crippen MR) is 206 cm³/mol. The summed E-state index contributed by atoms with van der Waals surface area (Å²) in [5.41, 5.74) is 8.68. The molecule has 0 saturated carbocycles. The molecule has 1 aromatic carbocycles. The van der Waals surface area contributed by atoms with Crippen molar-refractivity contribution in [2.75, 3.05) is 26.1 Å². The summed E-state index contributed by atoms with van der Waals surface area (Å²) in [6.45, 7) is 26.7.